The van der Waals surface area contributed by atoms with Gasteiger partial charge < -0.3 is 10.6 Å². The van der Waals surface area contributed by atoms with Crippen molar-refractivity contribution in [1.29, 1.82) is 0 Å². The van der Waals surface area contributed by atoms with Crippen LogP contribution in [0.4, 0.5) is 0 Å². The summed E-state index contributed by atoms with van der Waals surface area (Å²) in [6.07, 6.45) is 11.1. The highest BCUT2D eigenvalue weighted by atomic mass is 16.2. The fourth-order valence-electron chi connectivity index (χ4n) is 4.15. The Morgan fingerprint density at radius 2 is 1.80 bits per heavy atom. The van der Waals surface area contributed by atoms with Gasteiger partial charge in [-0.3, -0.25) is 9.59 Å². The highest BCUT2D eigenvalue weighted by Crippen LogP contribution is 2.29. The van der Waals surface area contributed by atoms with E-state index >= 15 is 0 Å². The summed E-state index contributed by atoms with van der Waals surface area (Å²) >= 11 is 0. The Morgan fingerprint density at radius 1 is 1.04 bits per heavy atom. The second-order valence-electron chi connectivity index (χ2n) is 7.50. The van der Waals surface area contributed by atoms with Crippen molar-refractivity contribution >= 4 is 11.8 Å². The maximum absolute atomic E-state index is 12.5. The maximum Gasteiger partial charge on any atom is 0.267 e. The minimum absolute atomic E-state index is 0.270. The first-order chi connectivity index (χ1) is 12.1. The Bertz CT molecular complexity index is 613. The van der Waals surface area contributed by atoms with Crippen LogP contribution in [-0.4, -0.2) is 39.8 Å². The van der Waals surface area contributed by atoms with Gasteiger partial charge in [-0.2, -0.15) is 0 Å². The lowest BCUT2D eigenvalue weighted by Gasteiger charge is -2.22. The molecule has 1 aliphatic carbocycles. The summed E-state index contributed by atoms with van der Waals surface area (Å²) in [5.41, 5.74) is 6.42. The molecule has 2 N–H and O–H groups in total. The number of nitrogens with two attached hydrogens (primary N) is 1. The van der Waals surface area contributed by atoms with E-state index in [1.165, 1.54) is 32.0 Å². The molecule has 25 heavy (non-hydrogen) atoms. The van der Waals surface area contributed by atoms with Gasteiger partial charge in [-0.25, -0.2) is 9.97 Å². The van der Waals surface area contributed by atoms with Gasteiger partial charge >= 0.3 is 0 Å². The molecule has 1 saturated carbocycles. The number of primary amides is 1. The molecule has 0 spiro atoms. The Morgan fingerprint density at radius 3 is 2.56 bits per heavy atom. The molecule has 0 aromatic carbocycles. The van der Waals surface area contributed by atoms with Gasteiger partial charge in [0.05, 0.1) is 0 Å². The third-order valence-electron chi connectivity index (χ3n) is 5.61. The van der Waals surface area contributed by atoms with Gasteiger partial charge in [0.1, 0.15) is 12.0 Å². The van der Waals surface area contributed by atoms with Crippen molar-refractivity contribution in [1.82, 2.24) is 14.9 Å². The molecule has 3 rings (SSSR count). The third kappa shape index (κ3) is 5.00. The number of aromatic nitrogens is 2. The number of likely N-dealkylation sites (tertiary alicyclic amines) is 1. The van der Waals surface area contributed by atoms with Gasteiger partial charge in [-0.05, 0) is 56.4 Å². The summed E-state index contributed by atoms with van der Waals surface area (Å²) in [6, 6.07) is 1.69. The summed E-state index contributed by atoms with van der Waals surface area (Å²) in [5.74, 6) is 0.915. The number of carbonyl (C=O) groups excluding carboxylic acids is 2. The summed E-state index contributed by atoms with van der Waals surface area (Å²) in [5, 5.41) is 0. The van der Waals surface area contributed by atoms with Crippen LogP contribution >= 0.6 is 0 Å². The van der Waals surface area contributed by atoms with Crippen LogP contribution < -0.4 is 5.73 Å². The first-order valence-corrected chi connectivity index (χ1v) is 9.50. The van der Waals surface area contributed by atoms with Crippen molar-refractivity contribution in [2.45, 2.75) is 57.8 Å². The van der Waals surface area contributed by atoms with Crippen LogP contribution in [0.1, 0.15) is 67.5 Å². The van der Waals surface area contributed by atoms with Gasteiger partial charge in [-0.15, -0.1) is 0 Å². The molecule has 6 nitrogen and oxygen atoms in total. The predicted molar refractivity (Wildman–Crippen MR) is 94.7 cm³/mol. The van der Waals surface area contributed by atoms with Gasteiger partial charge in [0.2, 0.25) is 5.91 Å². The van der Waals surface area contributed by atoms with Crippen molar-refractivity contribution in [3.63, 3.8) is 0 Å². The van der Waals surface area contributed by atoms with Crippen LogP contribution in [0.3, 0.4) is 0 Å². The second kappa shape index (κ2) is 8.41. The second-order valence-corrected chi connectivity index (χ2v) is 7.50. The zero-order chi connectivity index (χ0) is 17.6. The van der Waals surface area contributed by atoms with Crippen LogP contribution in [-0.2, 0) is 11.2 Å². The van der Waals surface area contributed by atoms with Crippen molar-refractivity contribution in [2.24, 2.45) is 17.6 Å². The minimum Gasteiger partial charge on any atom is -0.364 e. The first kappa shape index (κ1) is 17.8. The SMILES string of the molecule is NC(=O)c1cc(CC2CCCN(C(=O)CC3CCCC3)CC2)ncn1. The molecule has 1 saturated heterocycles. The molecular weight excluding hydrogens is 316 g/mol. The molecule has 1 atom stereocenters. The highest BCUT2D eigenvalue weighted by Gasteiger charge is 2.25. The molecule has 6 heteroatoms. The van der Waals surface area contributed by atoms with Crippen molar-refractivity contribution in [2.75, 3.05) is 13.1 Å². The Balaban J connectivity index is 1.51. The monoisotopic (exact) mass is 344 g/mol. The van der Waals surface area contributed by atoms with E-state index in [1.54, 1.807) is 6.07 Å². The molecule has 2 heterocycles. The molecular formula is C19H28N4O2. The fraction of sp³-hybridized carbons (Fsp3) is 0.684. The lowest BCUT2D eigenvalue weighted by molar-refractivity contribution is -0.132. The van der Waals surface area contributed by atoms with Crippen LogP contribution in [0.5, 0.6) is 0 Å². The number of carbonyl (C=O) groups is 2. The van der Waals surface area contributed by atoms with Gasteiger partial charge in [0.25, 0.3) is 5.91 Å². The number of hydrogen-bond donors (Lipinski definition) is 1. The molecule has 1 aromatic heterocycles. The normalized spacial score (nSPS) is 21.9. The molecule has 2 amide bonds. The lowest BCUT2D eigenvalue weighted by Crippen LogP contribution is -2.33. The summed E-state index contributed by atoms with van der Waals surface area (Å²) in [4.78, 5) is 34.0. The molecule has 1 unspecified atom stereocenters. The standard InChI is InChI=1S/C19H28N4O2/c20-19(25)17-12-16(21-13-22-17)10-15-6-3-8-23(9-7-15)18(24)11-14-4-1-2-5-14/h12-15H,1-11H2,(H2,20,25). The van der Waals surface area contributed by atoms with E-state index in [0.29, 0.717) is 17.7 Å². The smallest absolute Gasteiger partial charge is 0.267 e. The largest absolute Gasteiger partial charge is 0.364 e. The van der Waals surface area contributed by atoms with Crippen LogP contribution in [0.2, 0.25) is 0 Å². The number of nitrogens with zero attached hydrogens (tertiary/aromatic N) is 3. The summed E-state index contributed by atoms with van der Waals surface area (Å²) in [7, 11) is 0. The Hall–Kier alpha value is -1.98. The molecule has 136 valence electrons. The molecule has 1 aromatic rings. The van der Waals surface area contributed by atoms with Gasteiger partial charge in [0, 0.05) is 25.2 Å². The maximum atomic E-state index is 12.5. The first-order valence-electron chi connectivity index (χ1n) is 9.50. The molecule has 0 bridgehead atoms. The zero-order valence-corrected chi connectivity index (χ0v) is 14.8. The number of amides is 2. The topological polar surface area (TPSA) is 89.2 Å². The Kier molecular flexibility index (Phi) is 6.00. The van der Waals surface area contributed by atoms with Crippen LogP contribution in [0.15, 0.2) is 12.4 Å². The van der Waals surface area contributed by atoms with E-state index in [1.807, 2.05) is 0 Å². The number of rotatable bonds is 5. The molecule has 2 aliphatic rings. The van der Waals surface area contributed by atoms with Crippen molar-refractivity contribution < 1.29 is 9.59 Å². The van der Waals surface area contributed by atoms with E-state index in [0.717, 1.165) is 50.9 Å². The summed E-state index contributed by atoms with van der Waals surface area (Å²) in [6.45, 7) is 1.71. The molecule has 0 radical (unpaired) electrons. The summed E-state index contributed by atoms with van der Waals surface area (Å²) < 4.78 is 0. The molecule has 2 fully saturated rings. The van der Waals surface area contributed by atoms with Crippen LogP contribution in [0, 0.1) is 11.8 Å². The van der Waals surface area contributed by atoms with Crippen molar-refractivity contribution in [3.05, 3.63) is 23.8 Å². The highest BCUT2D eigenvalue weighted by molar-refractivity contribution is 5.90. The average molecular weight is 344 g/mol. The molecule has 1 aliphatic heterocycles. The number of hydrogen-bond acceptors (Lipinski definition) is 4. The zero-order valence-electron chi connectivity index (χ0n) is 14.8. The average Bonchev–Trinajstić information content (AvgIpc) is 2.99. The van der Waals surface area contributed by atoms with Crippen LogP contribution in [0.25, 0.3) is 0 Å². The van der Waals surface area contributed by atoms with Gasteiger partial charge in [0.15, 0.2) is 0 Å². The lowest BCUT2D eigenvalue weighted by atomic mass is 9.95. The Labute approximate surface area is 149 Å². The van der Waals surface area contributed by atoms with E-state index in [2.05, 4.69) is 14.9 Å². The van der Waals surface area contributed by atoms with E-state index in [-0.39, 0.29) is 5.69 Å². The van der Waals surface area contributed by atoms with E-state index in [9.17, 15) is 9.59 Å². The predicted octanol–water partition coefficient (Wildman–Crippen LogP) is 2.33. The van der Waals surface area contributed by atoms with E-state index in [4.69, 9.17) is 5.73 Å². The van der Waals surface area contributed by atoms with Gasteiger partial charge in [-0.1, -0.05) is 12.8 Å². The van der Waals surface area contributed by atoms with Crippen molar-refractivity contribution in [3.8, 4) is 0 Å². The third-order valence-corrected chi connectivity index (χ3v) is 5.61. The van der Waals surface area contributed by atoms with E-state index < -0.39 is 5.91 Å². The minimum atomic E-state index is -0.520. The quantitative estimate of drug-likeness (QED) is 0.888. The fourth-order valence-corrected chi connectivity index (χ4v) is 4.15.